The Morgan fingerprint density at radius 1 is 1.12 bits per heavy atom. The van der Waals surface area contributed by atoms with Gasteiger partial charge in [0, 0.05) is 10.0 Å². The van der Waals surface area contributed by atoms with E-state index >= 15 is 0 Å². The molecule has 1 heterocycles. The smallest absolute Gasteiger partial charge is 0.335 e. The summed E-state index contributed by atoms with van der Waals surface area (Å²) in [6, 6.07) is 9.99. The highest BCUT2D eigenvalue weighted by Gasteiger charge is 2.36. The molecule has 0 bridgehead atoms. The van der Waals surface area contributed by atoms with E-state index in [1.165, 1.54) is 31.4 Å². The average molecular weight is 417 g/mol. The number of anilines is 1. The van der Waals surface area contributed by atoms with Crippen molar-refractivity contribution in [3.8, 4) is 11.5 Å². The SMILES string of the molecule is COc1ccc(N2C(=O)NC(=O)/C(=C\c3cc(Br)ccc3O)C2=O)cc1. The van der Waals surface area contributed by atoms with Crippen molar-refractivity contribution in [1.29, 1.82) is 0 Å². The summed E-state index contributed by atoms with van der Waals surface area (Å²) in [6.07, 6.45) is 1.24. The van der Waals surface area contributed by atoms with Crippen LogP contribution in [0.15, 0.2) is 52.5 Å². The number of rotatable bonds is 3. The van der Waals surface area contributed by atoms with Gasteiger partial charge in [-0.15, -0.1) is 0 Å². The topological polar surface area (TPSA) is 95.9 Å². The fourth-order valence-corrected chi connectivity index (χ4v) is 2.80. The normalized spacial score (nSPS) is 16.0. The van der Waals surface area contributed by atoms with E-state index in [9.17, 15) is 19.5 Å². The number of hydrogen-bond donors (Lipinski definition) is 2. The lowest BCUT2D eigenvalue weighted by Gasteiger charge is -2.26. The van der Waals surface area contributed by atoms with Gasteiger partial charge < -0.3 is 9.84 Å². The van der Waals surface area contributed by atoms with Crippen LogP contribution in [0.2, 0.25) is 0 Å². The molecule has 26 heavy (non-hydrogen) atoms. The Kier molecular flexibility index (Phi) is 4.77. The van der Waals surface area contributed by atoms with Crippen molar-refractivity contribution in [2.45, 2.75) is 0 Å². The lowest BCUT2D eigenvalue weighted by Crippen LogP contribution is -2.54. The number of hydrogen-bond acceptors (Lipinski definition) is 5. The van der Waals surface area contributed by atoms with Gasteiger partial charge in [-0.3, -0.25) is 14.9 Å². The van der Waals surface area contributed by atoms with Crippen LogP contribution in [0.3, 0.4) is 0 Å². The molecule has 3 rings (SSSR count). The maximum absolute atomic E-state index is 12.8. The molecule has 0 atom stereocenters. The number of nitrogens with zero attached hydrogens (tertiary/aromatic N) is 1. The van der Waals surface area contributed by atoms with E-state index in [1.807, 2.05) is 0 Å². The highest BCUT2D eigenvalue weighted by molar-refractivity contribution is 9.10. The molecule has 7 nitrogen and oxygen atoms in total. The maximum atomic E-state index is 12.8. The molecule has 1 aliphatic rings. The van der Waals surface area contributed by atoms with Gasteiger partial charge in [0.1, 0.15) is 17.1 Å². The van der Waals surface area contributed by atoms with Crippen LogP contribution in [0.25, 0.3) is 6.08 Å². The van der Waals surface area contributed by atoms with E-state index in [4.69, 9.17) is 4.74 Å². The van der Waals surface area contributed by atoms with Crippen LogP contribution >= 0.6 is 15.9 Å². The number of halogens is 1. The van der Waals surface area contributed by atoms with E-state index in [0.29, 0.717) is 10.2 Å². The minimum absolute atomic E-state index is 0.103. The molecule has 0 saturated carbocycles. The van der Waals surface area contributed by atoms with E-state index in [0.717, 1.165) is 4.90 Å². The molecule has 8 heteroatoms. The first-order valence-corrected chi connectivity index (χ1v) is 8.24. The molecule has 0 aliphatic carbocycles. The van der Waals surface area contributed by atoms with Crippen molar-refractivity contribution in [3.05, 3.63) is 58.1 Å². The molecule has 0 radical (unpaired) electrons. The Morgan fingerprint density at radius 3 is 2.46 bits per heavy atom. The van der Waals surface area contributed by atoms with E-state index in [1.54, 1.807) is 24.3 Å². The lowest BCUT2D eigenvalue weighted by atomic mass is 10.1. The molecule has 2 aromatic rings. The van der Waals surface area contributed by atoms with Gasteiger partial charge in [-0.25, -0.2) is 9.69 Å². The molecule has 0 spiro atoms. The first-order chi connectivity index (χ1) is 12.4. The molecule has 2 N–H and O–H groups in total. The van der Waals surface area contributed by atoms with Crippen molar-refractivity contribution in [3.63, 3.8) is 0 Å². The predicted octanol–water partition coefficient (Wildman–Crippen LogP) is 2.83. The molecule has 1 fully saturated rings. The van der Waals surface area contributed by atoms with E-state index < -0.39 is 17.8 Å². The zero-order chi connectivity index (χ0) is 18.8. The van der Waals surface area contributed by atoms with Gasteiger partial charge in [0.15, 0.2) is 0 Å². The summed E-state index contributed by atoms with van der Waals surface area (Å²) in [5.74, 6) is -1.16. The number of ether oxygens (including phenoxy) is 1. The van der Waals surface area contributed by atoms with Crippen molar-refractivity contribution < 1.29 is 24.2 Å². The monoisotopic (exact) mass is 416 g/mol. The number of barbiturate groups is 1. The zero-order valence-electron chi connectivity index (χ0n) is 13.5. The molecular weight excluding hydrogens is 404 g/mol. The number of nitrogens with one attached hydrogen (secondary N) is 1. The third-order valence-corrected chi connectivity index (χ3v) is 4.21. The van der Waals surface area contributed by atoms with Crippen LogP contribution in [0.1, 0.15) is 5.56 Å². The third kappa shape index (κ3) is 3.31. The molecule has 0 aromatic heterocycles. The summed E-state index contributed by atoms with van der Waals surface area (Å²) in [6.45, 7) is 0. The Morgan fingerprint density at radius 2 is 1.81 bits per heavy atom. The van der Waals surface area contributed by atoms with Gasteiger partial charge >= 0.3 is 6.03 Å². The summed E-state index contributed by atoms with van der Waals surface area (Å²) in [7, 11) is 1.50. The number of benzene rings is 2. The minimum atomic E-state index is -0.846. The molecule has 4 amide bonds. The Labute approximate surface area is 157 Å². The fraction of sp³-hybridized carbons (Fsp3) is 0.0556. The van der Waals surface area contributed by atoms with Gasteiger partial charge in [-0.1, -0.05) is 15.9 Å². The fourth-order valence-electron chi connectivity index (χ4n) is 2.42. The first kappa shape index (κ1) is 17.7. The number of imide groups is 2. The number of carbonyl (C=O) groups is 3. The lowest BCUT2D eigenvalue weighted by molar-refractivity contribution is -0.122. The molecule has 132 valence electrons. The molecular formula is C18H13BrN2O5. The second-order valence-electron chi connectivity index (χ2n) is 5.36. The first-order valence-electron chi connectivity index (χ1n) is 7.44. The van der Waals surface area contributed by atoms with Gasteiger partial charge in [0.05, 0.1) is 12.8 Å². The number of amides is 4. The zero-order valence-corrected chi connectivity index (χ0v) is 15.1. The molecule has 1 saturated heterocycles. The Hall–Kier alpha value is -3.13. The van der Waals surface area contributed by atoms with Gasteiger partial charge in [0.25, 0.3) is 11.8 Å². The van der Waals surface area contributed by atoms with Crippen molar-refractivity contribution >= 4 is 45.5 Å². The largest absolute Gasteiger partial charge is 0.507 e. The minimum Gasteiger partial charge on any atom is -0.507 e. The number of methoxy groups -OCH3 is 1. The van der Waals surface area contributed by atoms with Crippen molar-refractivity contribution in [2.75, 3.05) is 12.0 Å². The number of urea groups is 1. The summed E-state index contributed by atoms with van der Waals surface area (Å²) >= 11 is 3.26. The second-order valence-corrected chi connectivity index (χ2v) is 6.27. The van der Waals surface area contributed by atoms with Gasteiger partial charge in [-0.2, -0.15) is 0 Å². The quantitative estimate of drug-likeness (QED) is 0.592. The second kappa shape index (κ2) is 7.01. The summed E-state index contributed by atoms with van der Waals surface area (Å²) in [4.78, 5) is 37.9. The Balaban J connectivity index is 2.02. The van der Waals surface area contributed by atoms with E-state index in [-0.39, 0.29) is 22.6 Å². The van der Waals surface area contributed by atoms with Gasteiger partial charge in [-0.05, 0) is 48.5 Å². The molecule has 2 aromatic carbocycles. The number of phenols is 1. The molecule has 1 aliphatic heterocycles. The van der Waals surface area contributed by atoms with Crippen molar-refractivity contribution in [2.24, 2.45) is 0 Å². The van der Waals surface area contributed by atoms with Crippen LogP contribution in [0, 0.1) is 0 Å². The third-order valence-electron chi connectivity index (χ3n) is 3.72. The van der Waals surface area contributed by atoms with Crippen LogP contribution in [-0.4, -0.2) is 30.1 Å². The highest BCUT2D eigenvalue weighted by Crippen LogP contribution is 2.27. The summed E-state index contributed by atoms with van der Waals surface area (Å²) < 4.78 is 5.71. The van der Waals surface area contributed by atoms with Crippen LogP contribution in [0.5, 0.6) is 11.5 Å². The highest BCUT2D eigenvalue weighted by atomic mass is 79.9. The van der Waals surface area contributed by atoms with Gasteiger partial charge in [0.2, 0.25) is 0 Å². The Bertz CT molecular complexity index is 937. The number of carbonyl (C=O) groups excluding carboxylic acids is 3. The van der Waals surface area contributed by atoms with E-state index in [2.05, 4.69) is 21.2 Å². The van der Waals surface area contributed by atoms with Crippen LogP contribution < -0.4 is 15.0 Å². The summed E-state index contributed by atoms with van der Waals surface area (Å²) in [5.41, 5.74) is 0.279. The molecule has 0 unspecified atom stereocenters. The predicted molar refractivity (Wildman–Crippen MR) is 97.8 cm³/mol. The summed E-state index contributed by atoms with van der Waals surface area (Å²) in [5, 5.41) is 12.1. The number of aromatic hydroxyl groups is 1. The standard InChI is InChI=1S/C18H13BrN2O5/c1-26-13-5-3-12(4-6-13)21-17(24)14(16(23)20-18(21)25)9-10-8-11(19)2-7-15(10)22/h2-9,22H,1H3,(H,20,23,25)/b14-9+. The van der Waals surface area contributed by atoms with Crippen LogP contribution in [0.4, 0.5) is 10.5 Å². The average Bonchev–Trinajstić information content (AvgIpc) is 2.62. The maximum Gasteiger partial charge on any atom is 0.335 e. The van der Waals surface area contributed by atoms with Crippen molar-refractivity contribution in [1.82, 2.24) is 5.32 Å². The van der Waals surface area contributed by atoms with Crippen LogP contribution in [-0.2, 0) is 9.59 Å². The number of phenolic OH excluding ortho intramolecular Hbond substituents is 1.